The second kappa shape index (κ2) is 15.1. The molecule has 0 aliphatic rings. The van der Waals surface area contributed by atoms with Crippen molar-refractivity contribution in [3.05, 3.63) is 206 Å². The fraction of sp³-hybridized carbons (Fsp3) is 0.0179. The Hall–Kier alpha value is -7.73. The summed E-state index contributed by atoms with van der Waals surface area (Å²) in [5, 5.41) is 4.77. The lowest BCUT2D eigenvalue weighted by atomic mass is 9.97. The molecule has 0 atom stereocenters. The number of rotatable bonds is 8. The van der Waals surface area contributed by atoms with E-state index in [9.17, 15) is 0 Å². The number of allylic oxidation sites excluding steroid dienone is 2. The zero-order valence-electron chi connectivity index (χ0n) is 33.3. The molecule has 0 aliphatic heterocycles. The molecule has 0 aliphatic carbocycles. The highest BCUT2D eigenvalue weighted by Crippen LogP contribution is 2.45. The van der Waals surface area contributed by atoms with Crippen molar-refractivity contribution in [3.8, 4) is 67.4 Å². The summed E-state index contributed by atoms with van der Waals surface area (Å²) >= 11 is 1.81. The molecule has 0 saturated carbocycles. The van der Waals surface area contributed by atoms with Gasteiger partial charge < -0.3 is 4.42 Å². The van der Waals surface area contributed by atoms with Gasteiger partial charge >= 0.3 is 0 Å². The molecule has 4 nitrogen and oxygen atoms in total. The van der Waals surface area contributed by atoms with E-state index in [0.717, 1.165) is 89.4 Å². The first kappa shape index (κ1) is 36.4. The highest BCUT2D eigenvalue weighted by atomic mass is 32.1. The lowest BCUT2D eigenvalue weighted by molar-refractivity contribution is 0.602. The van der Waals surface area contributed by atoms with Crippen LogP contribution in [0.15, 0.2) is 199 Å². The fourth-order valence-corrected chi connectivity index (χ4v) is 9.69. The number of aromatic nitrogens is 3. The predicted octanol–water partition coefficient (Wildman–Crippen LogP) is 15.6. The van der Waals surface area contributed by atoms with E-state index in [2.05, 4.69) is 171 Å². The number of thiophene rings is 1. The maximum absolute atomic E-state index is 6.45. The molecule has 4 aromatic heterocycles. The van der Waals surface area contributed by atoms with Crippen molar-refractivity contribution < 1.29 is 4.42 Å². The third-order valence-corrected chi connectivity index (χ3v) is 12.7. The molecular formula is C56H37N3OS. The van der Waals surface area contributed by atoms with Crippen molar-refractivity contribution in [2.24, 2.45) is 0 Å². The van der Waals surface area contributed by atoms with Crippen molar-refractivity contribution in [1.29, 1.82) is 0 Å². The summed E-state index contributed by atoms with van der Waals surface area (Å²) in [6, 6.07) is 61.7. The van der Waals surface area contributed by atoms with Gasteiger partial charge in [0.1, 0.15) is 11.3 Å². The third-order valence-electron chi connectivity index (χ3n) is 11.5. The van der Waals surface area contributed by atoms with Crippen LogP contribution in [0.2, 0.25) is 0 Å². The number of hydrogen-bond donors (Lipinski definition) is 0. The van der Waals surface area contributed by atoms with Crippen molar-refractivity contribution in [3.63, 3.8) is 0 Å². The average molecular weight is 800 g/mol. The predicted molar refractivity (Wildman–Crippen MR) is 257 cm³/mol. The number of para-hydroxylation sites is 2. The summed E-state index contributed by atoms with van der Waals surface area (Å²) in [5.41, 5.74) is 14.0. The largest absolute Gasteiger partial charge is 0.456 e. The van der Waals surface area contributed by atoms with E-state index in [0.29, 0.717) is 5.82 Å². The smallest absolute Gasteiger partial charge is 0.160 e. The summed E-state index contributed by atoms with van der Waals surface area (Å²) in [6.07, 6.45) is 5.63. The summed E-state index contributed by atoms with van der Waals surface area (Å²) in [4.78, 5) is 15.8. The van der Waals surface area contributed by atoms with Crippen LogP contribution in [-0.4, -0.2) is 15.0 Å². The summed E-state index contributed by atoms with van der Waals surface area (Å²) in [6.45, 7) is 5.92. The lowest BCUT2D eigenvalue weighted by Gasteiger charge is -2.13. The van der Waals surface area contributed by atoms with Crippen molar-refractivity contribution in [2.45, 2.75) is 6.92 Å². The molecule has 0 spiro atoms. The van der Waals surface area contributed by atoms with Gasteiger partial charge in [-0.05, 0) is 42.3 Å². The minimum Gasteiger partial charge on any atom is -0.456 e. The first-order valence-electron chi connectivity index (χ1n) is 20.4. The standard InChI is InChI=1S/C56H37N3OS/c1-3-4-27-49-35(2)42-23-14-25-44(54(42)60-49)40-20-13-21-41(33-40)48-34-47(57-56(58-48)39-18-9-6-10-19-39)37-29-31-38(32-30-37)52-55-51(45-22-11-12-28-50(45)61-55)46-26-15-24-43(53(46)59-52)36-16-7-5-8-17-36/h3-34H,1H2,2H3/b27-4-. The normalized spacial score (nSPS) is 11.7. The molecular weight excluding hydrogens is 763 g/mol. The highest BCUT2D eigenvalue weighted by molar-refractivity contribution is 7.26. The van der Waals surface area contributed by atoms with Gasteiger partial charge in [0.15, 0.2) is 5.82 Å². The zero-order chi connectivity index (χ0) is 40.9. The van der Waals surface area contributed by atoms with E-state index in [-0.39, 0.29) is 0 Å². The Balaban J connectivity index is 1.04. The van der Waals surface area contributed by atoms with Crippen LogP contribution in [0.5, 0.6) is 0 Å². The first-order chi connectivity index (χ1) is 30.1. The number of pyridine rings is 1. The van der Waals surface area contributed by atoms with Gasteiger partial charge in [-0.3, -0.25) is 0 Å². The maximum atomic E-state index is 6.45. The van der Waals surface area contributed by atoms with E-state index in [1.807, 2.05) is 41.7 Å². The molecule has 0 fully saturated rings. The number of aryl methyl sites for hydroxylation is 1. The Morgan fingerprint density at radius 1 is 0.525 bits per heavy atom. The Labute approximate surface area is 357 Å². The van der Waals surface area contributed by atoms with Crippen LogP contribution < -0.4 is 0 Å². The summed E-state index contributed by atoms with van der Waals surface area (Å²) < 4.78 is 8.89. The van der Waals surface area contributed by atoms with Gasteiger partial charge in [0.05, 0.1) is 27.3 Å². The van der Waals surface area contributed by atoms with Crippen LogP contribution in [0.25, 0.3) is 116 Å². The monoisotopic (exact) mass is 799 g/mol. The van der Waals surface area contributed by atoms with Crippen molar-refractivity contribution in [2.75, 3.05) is 0 Å². The molecule has 0 unspecified atom stereocenters. The van der Waals surface area contributed by atoms with Crippen LogP contribution in [0.4, 0.5) is 0 Å². The Morgan fingerprint density at radius 3 is 1.93 bits per heavy atom. The Morgan fingerprint density at radius 2 is 1.15 bits per heavy atom. The fourth-order valence-electron chi connectivity index (χ4n) is 8.46. The second-order valence-electron chi connectivity index (χ2n) is 15.2. The van der Waals surface area contributed by atoms with E-state index < -0.39 is 0 Å². The SMILES string of the molecule is C=C/C=C\c1oc2c(-c3cccc(-c4cc(-c5ccc(-c6nc7c(-c8ccccc8)cccc7c7c6sc6ccccc67)cc5)nc(-c5ccccc5)n4)c3)cccc2c1C. The molecule has 11 aromatic rings. The maximum Gasteiger partial charge on any atom is 0.160 e. The van der Waals surface area contributed by atoms with Crippen LogP contribution >= 0.6 is 11.3 Å². The number of nitrogens with zero attached hydrogens (tertiary/aromatic N) is 3. The molecule has 0 bridgehead atoms. The molecule has 61 heavy (non-hydrogen) atoms. The second-order valence-corrected chi connectivity index (χ2v) is 16.2. The molecule has 0 amide bonds. The van der Waals surface area contributed by atoms with Gasteiger partial charge in [0.25, 0.3) is 0 Å². The number of fused-ring (bicyclic) bond motifs is 6. The van der Waals surface area contributed by atoms with Crippen LogP contribution in [0.3, 0.4) is 0 Å². The van der Waals surface area contributed by atoms with Gasteiger partial charge in [-0.25, -0.2) is 15.0 Å². The molecule has 0 saturated heterocycles. The van der Waals surface area contributed by atoms with Gasteiger partial charge in [-0.15, -0.1) is 11.3 Å². The van der Waals surface area contributed by atoms with Crippen LogP contribution in [0, 0.1) is 6.92 Å². The van der Waals surface area contributed by atoms with E-state index in [4.69, 9.17) is 19.4 Å². The minimum atomic E-state index is 0.668. The minimum absolute atomic E-state index is 0.668. The van der Waals surface area contributed by atoms with Crippen molar-refractivity contribution in [1.82, 2.24) is 15.0 Å². The van der Waals surface area contributed by atoms with Crippen molar-refractivity contribution >= 4 is 59.5 Å². The Bertz CT molecular complexity index is 3490. The molecule has 288 valence electrons. The number of hydrogen-bond acceptors (Lipinski definition) is 5. The van der Waals surface area contributed by atoms with Crippen LogP contribution in [-0.2, 0) is 0 Å². The van der Waals surface area contributed by atoms with Gasteiger partial charge in [-0.1, -0.05) is 176 Å². The molecule has 7 aromatic carbocycles. The molecule has 5 heteroatoms. The molecule has 4 heterocycles. The number of benzene rings is 7. The third kappa shape index (κ3) is 6.44. The van der Waals surface area contributed by atoms with E-state index in [1.165, 1.54) is 25.6 Å². The molecule has 0 N–H and O–H groups in total. The highest BCUT2D eigenvalue weighted by Gasteiger charge is 2.20. The number of furan rings is 1. The topological polar surface area (TPSA) is 51.8 Å². The Kier molecular flexibility index (Phi) is 9.02. The van der Waals surface area contributed by atoms with Crippen LogP contribution in [0.1, 0.15) is 11.3 Å². The first-order valence-corrected chi connectivity index (χ1v) is 21.2. The molecule has 11 rings (SSSR count). The average Bonchev–Trinajstić information content (AvgIpc) is 3.88. The van der Waals surface area contributed by atoms with Gasteiger partial charge in [0.2, 0.25) is 0 Å². The molecule has 0 radical (unpaired) electrons. The van der Waals surface area contributed by atoms with E-state index >= 15 is 0 Å². The lowest BCUT2D eigenvalue weighted by Crippen LogP contribution is -1.96. The van der Waals surface area contributed by atoms with Gasteiger partial charge in [0, 0.05) is 65.2 Å². The summed E-state index contributed by atoms with van der Waals surface area (Å²) in [5.74, 6) is 1.50. The van der Waals surface area contributed by atoms with Gasteiger partial charge in [-0.2, -0.15) is 0 Å². The summed E-state index contributed by atoms with van der Waals surface area (Å²) in [7, 11) is 0. The van der Waals surface area contributed by atoms with E-state index in [1.54, 1.807) is 6.08 Å². The zero-order valence-corrected chi connectivity index (χ0v) is 34.2. The quantitative estimate of drug-likeness (QED) is 0.144.